The monoisotopic (exact) mass is 250 g/mol. The highest BCUT2D eigenvalue weighted by Gasteiger charge is 2.52. The fourth-order valence-electron chi connectivity index (χ4n) is 4.70. The van der Waals surface area contributed by atoms with Crippen LogP contribution in [0.15, 0.2) is 12.2 Å². The van der Waals surface area contributed by atoms with E-state index in [9.17, 15) is 4.79 Å². The zero-order chi connectivity index (χ0) is 13.5. The van der Waals surface area contributed by atoms with E-state index in [0.717, 1.165) is 29.1 Å². The van der Waals surface area contributed by atoms with Crippen LogP contribution in [0.5, 0.6) is 0 Å². The lowest BCUT2D eigenvalue weighted by Gasteiger charge is -2.59. The second-order valence-electron chi connectivity index (χ2n) is 7.14. The summed E-state index contributed by atoms with van der Waals surface area (Å²) in [4.78, 5) is 9.60. The largest absolute Gasteiger partial charge is 0.478 e. The van der Waals surface area contributed by atoms with Crippen LogP contribution < -0.4 is 0 Å². The SMILES string of the molecule is C=C(C)C(=O)O.CC1C2CC3CC(C2)CC1(C)C3. The Bertz CT molecular complexity index is 332. The van der Waals surface area contributed by atoms with Gasteiger partial charge in [-0.1, -0.05) is 20.4 Å². The van der Waals surface area contributed by atoms with E-state index < -0.39 is 5.97 Å². The summed E-state index contributed by atoms with van der Waals surface area (Å²) in [7, 11) is 0. The van der Waals surface area contributed by atoms with Gasteiger partial charge in [-0.2, -0.15) is 0 Å². The summed E-state index contributed by atoms with van der Waals surface area (Å²) in [5.74, 6) is 3.47. The van der Waals surface area contributed by atoms with Crippen LogP contribution in [0.2, 0.25) is 0 Å². The minimum Gasteiger partial charge on any atom is -0.478 e. The number of rotatable bonds is 1. The maximum absolute atomic E-state index is 9.60. The number of hydrogen-bond acceptors (Lipinski definition) is 1. The fourth-order valence-corrected chi connectivity index (χ4v) is 4.70. The van der Waals surface area contributed by atoms with Gasteiger partial charge in [-0.05, 0) is 68.1 Å². The topological polar surface area (TPSA) is 37.3 Å². The molecule has 4 saturated carbocycles. The van der Waals surface area contributed by atoms with Crippen molar-refractivity contribution in [2.45, 2.75) is 52.9 Å². The van der Waals surface area contributed by atoms with Crippen molar-refractivity contribution < 1.29 is 9.90 Å². The molecule has 3 unspecified atom stereocenters. The normalized spacial score (nSPS) is 44.2. The Hall–Kier alpha value is -0.790. The van der Waals surface area contributed by atoms with Crippen molar-refractivity contribution in [1.29, 1.82) is 0 Å². The third kappa shape index (κ3) is 2.48. The standard InChI is InChI=1S/C12H20.C4H6O2/c1-8-11-4-9-3-10(5-11)7-12(8,2)6-9;1-3(2)4(5)6/h8-11H,3-7H2,1-2H3;1H2,2H3,(H,5,6). The van der Waals surface area contributed by atoms with Crippen LogP contribution in [0.4, 0.5) is 0 Å². The Morgan fingerprint density at radius 2 is 1.67 bits per heavy atom. The maximum atomic E-state index is 9.60. The van der Waals surface area contributed by atoms with E-state index in [4.69, 9.17) is 5.11 Å². The summed E-state index contributed by atoms with van der Waals surface area (Å²) < 4.78 is 0. The van der Waals surface area contributed by atoms with Crippen molar-refractivity contribution in [3.05, 3.63) is 12.2 Å². The molecule has 18 heavy (non-hydrogen) atoms. The number of carboxylic acid groups (broad SMARTS) is 1. The first-order chi connectivity index (χ1) is 8.32. The van der Waals surface area contributed by atoms with Crippen molar-refractivity contribution in [2.75, 3.05) is 0 Å². The summed E-state index contributed by atoms with van der Waals surface area (Å²) in [6.07, 6.45) is 7.85. The van der Waals surface area contributed by atoms with Gasteiger partial charge in [0, 0.05) is 5.57 Å². The molecule has 1 N–H and O–H groups in total. The maximum Gasteiger partial charge on any atom is 0.330 e. The number of hydrogen-bond donors (Lipinski definition) is 1. The molecule has 0 aromatic heterocycles. The molecule has 4 aliphatic rings. The highest BCUT2D eigenvalue weighted by Crippen LogP contribution is 2.62. The van der Waals surface area contributed by atoms with Gasteiger partial charge in [0.25, 0.3) is 0 Å². The average molecular weight is 250 g/mol. The smallest absolute Gasteiger partial charge is 0.330 e. The van der Waals surface area contributed by atoms with Gasteiger partial charge in [-0.25, -0.2) is 4.79 Å². The molecule has 0 aromatic rings. The van der Waals surface area contributed by atoms with Crippen LogP contribution in [0.3, 0.4) is 0 Å². The lowest BCUT2D eigenvalue weighted by molar-refractivity contribution is -0.132. The van der Waals surface area contributed by atoms with Gasteiger partial charge in [0.15, 0.2) is 0 Å². The summed E-state index contributed by atoms with van der Waals surface area (Å²) in [6, 6.07) is 0. The Morgan fingerprint density at radius 3 is 2.00 bits per heavy atom. The molecular formula is C16H26O2. The predicted molar refractivity (Wildman–Crippen MR) is 73.3 cm³/mol. The third-order valence-electron chi connectivity index (χ3n) is 5.62. The zero-order valence-corrected chi connectivity index (χ0v) is 11.9. The molecule has 0 aromatic carbocycles. The molecule has 0 saturated heterocycles. The quantitative estimate of drug-likeness (QED) is 0.711. The van der Waals surface area contributed by atoms with Gasteiger partial charge in [-0.15, -0.1) is 0 Å². The highest BCUT2D eigenvalue weighted by atomic mass is 16.4. The Balaban J connectivity index is 0.000000174. The molecular weight excluding hydrogens is 224 g/mol. The van der Waals surface area contributed by atoms with E-state index in [-0.39, 0.29) is 5.57 Å². The highest BCUT2D eigenvalue weighted by molar-refractivity contribution is 5.84. The van der Waals surface area contributed by atoms with Gasteiger partial charge >= 0.3 is 5.97 Å². The van der Waals surface area contributed by atoms with E-state index in [1.165, 1.54) is 6.92 Å². The molecule has 0 amide bonds. The molecule has 0 spiro atoms. The van der Waals surface area contributed by atoms with E-state index >= 15 is 0 Å². The molecule has 4 fully saturated rings. The van der Waals surface area contributed by atoms with E-state index in [1.54, 1.807) is 32.1 Å². The van der Waals surface area contributed by atoms with Crippen molar-refractivity contribution in [2.24, 2.45) is 29.1 Å². The van der Waals surface area contributed by atoms with Crippen LogP contribution in [-0.4, -0.2) is 11.1 Å². The van der Waals surface area contributed by atoms with Crippen molar-refractivity contribution >= 4 is 5.97 Å². The van der Waals surface area contributed by atoms with Gasteiger partial charge in [-0.3, -0.25) is 0 Å². The van der Waals surface area contributed by atoms with Crippen LogP contribution >= 0.6 is 0 Å². The number of carboxylic acids is 1. The van der Waals surface area contributed by atoms with Crippen LogP contribution in [0.1, 0.15) is 52.9 Å². The van der Waals surface area contributed by atoms with Crippen LogP contribution in [0.25, 0.3) is 0 Å². The summed E-state index contributed by atoms with van der Waals surface area (Å²) >= 11 is 0. The van der Waals surface area contributed by atoms with Gasteiger partial charge in [0.2, 0.25) is 0 Å². The van der Waals surface area contributed by atoms with Crippen LogP contribution in [0, 0.1) is 29.1 Å². The zero-order valence-electron chi connectivity index (χ0n) is 11.9. The lowest BCUT2D eigenvalue weighted by atomic mass is 9.46. The minimum atomic E-state index is -0.935. The second kappa shape index (κ2) is 4.71. The second-order valence-corrected chi connectivity index (χ2v) is 7.14. The van der Waals surface area contributed by atoms with Crippen molar-refractivity contribution in [3.8, 4) is 0 Å². The molecule has 102 valence electrons. The first-order valence-corrected chi connectivity index (χ1v) is 7.20. The van der Waals surface area contributed by atoms with Crippen molar-refractivity contribution in [1.82, 2.24) is 0 Å². The Labute approximate surface area is 110 Å². The molecule has 4 aliphatic carbocycles. The number of carbonyl (C=O) groups is 1. The molecule has 3 atom stereocenters. The fraction of sp³-hybridized carbons (Fsp3) is 0.812. The van der Waals surface area contributed by atoms with Gasteiger partial charge < -0.3 is 5.11 Å². The molecule has 0 heterocycles. The first kappa shape index (κ1) is 13.6. The van der Waals surface area contributed by atoms with E-state index in [0.29, 0.717) is 0 Å². The lowest BCUT2D eigenvalue weighted by Crippen LogP contribution is -2.50. The minimum absolute atomic E-state index is 0.176. The van der Waals surface area contributed by atoms with E-state index in [1.807, 2.05) is 0 Å². The van der Waals surface area contributed by atoms with Gasteiger partial charge in [0.1, 0.15) is 0 Å². The summed E-state index contributed by atoms with van der Waals surface area (Å²) in [5, 5.41) is 7.89. The predicted octanol–water partition coefficient (Wildman–Crippen LogP) is 4.12. The summed E-state index contributed by atoms with van der Waals surface area (Å²) in [5.41, 5.74) is 0.935. The summed E-state index contributed by atoms with van der Waals surface area (Å²) in [6.45, 7) is 9.68. The van der Waals surface area contributed by atoms with Gasteiger partial charge in [0.05, 0.1) is 0 Å². The number of aliphatic carboxylic acids is 1. The Morgan fingerprint density at radius 1 is 1.22 bits per heavy atom. The molecule has 0 radical (unpaired) electrons. The molecule has 2 heteroatoms. The first-order valence-electron chi connectivity index (χ1n) is 7.20. The average Bonchev–Trinajstić information content (AvgIpc) is 2.25. The molecule has 4 rings (SSSR count). The van der Waals surface area contributed by atoms with Crippen LogP contribution in [-0.2, 0) is 4.79 Å². The molecule has 0 aliphatic heterocycles. The van der Waals surface area contributed by atoms with E-state index in [2.05, 4.69) is 20.4 Å². The Kier molecular flexibility index (Phi) is 3.57. The molecule has 2 nitrogen and oxygen atoms in total. The van der Waals surface area contributed by atoms with Crippen molar-refractivity contribution in [3.63, 3.8) is 0 Å². The third-order valence-corrected chi connectivity index (χ3v) is 5.62. The molecule has 4 bridgehead atoms.